The van der Waals surface area contributed by atoms with Crippen LogP contribution in [0.25, 0.3) is 0 Å². The number of hydrogen-bond donors (Lipinski definition) is 3. The number of H-pyrrole nitrogens is 1. The lowest BCUT2D eigenvalue weighted by Crippen LogP contribution is -2.50. The number of likely N-dealkylation sites (tertiary alicyclic amines) is 1. The summed E-state index contributed by atoms with van der Waals surface area (Å²) in [6.45, 7) is 8.97. The molecule has 0 unspecified atom stereocenters. The molecule has 2 aliphatic heterocycles. The van der Waals surface area contributed by atoms with Crippen LogP contribution in [0.5, 0.6) is 0 Å². The number of carbonyl (C=O) groups excluding carboxylic acids is 2. The van der Waals surface area contributed by atoms with Gasteiger partial charge in [0, 0.05) is 76.9 Å². The number of fused-ring (bicyclic) bond motifs is 4. The summed E-state index contributed by atoms with van der Waals surface area (Å²) in [6, 6.07) is 5.72. The zero-order valence-electron chi connectivity index (χ0n) is 39.3. The normalized spacial score (nSPS) is 18.2. The summed E-state index contributed by atoms with van der Waals surface area (Å²) in [6.07, 6.45) is 16.0. The highest BCUT2D eigenvalue weighted by Crippen LogP contribution is 2.41. The molecule has 3 N–H and O–H groups in total. The van der Waals surface area contributed by atoms with Crippen molar-refractivity contribution in [3.05, 3.63) is 56.6 Å². The summed E-state index contributed by atoms with van der Waals surface area (Å²) < 4.78 is 57.9. The molecule has 0 spiro atoms. The zero-order chi connectivity index (χ0) is 47.7. The Morgan fingerprint density at radius 1 is 0.701 bits per heavy atom. The molecular weight excluding hydrogens is 934 g/mol. The Hall–Kier alpha value is -4.41. The molecule has 0 atom stereocenters. The molecule has 4 heterocycles. The Kier molecular flexibility index (Phi) is 14.8. The van der Waals surface area contributed by atoms with Gasteiger partial charge < -0.3 is 25.2 Å². The van der Waals surface area contributed by atoms with Crippen LogP contribution in [0.2, 0.25) is 25.7 Å². The molecule has 2 amide bonds. The lowest BCUT2D eigenvalue weighted by atomic mass is 9.99. The van der Waals surface area contributed by atoms with Gasteiger partial charge in [-0.1, -0.05) is 31.8 Å². The van der Waals surface area contributed by atoms with Crippen LogP contribution < -0.4 is 10.6 Å². The maximum absolute atomic E-state index is 12.9. The van der Waals surface area contributed by atoms with Crippen LogP contribution in [-0.4, -0.2) is 128 Å². The third-order valence-corrected chi connectivity index (χ3v) is 17.9. The van der Waals surface area contributed by atoms with Crippen molar-refractivity contribution in [2.45, 2.75) is 139 Å². The molecule has 2 saturated heterocycles. The fraction of sp³-hybridized carbons (Fsp3) is 0.600. The van der Waals surface area contributed by atoms with E-state index in [0.717, 1.165) is 118 Å². The number of halogens is 1. The molecule has 67 heavy (non-hydrogen) atoms. The Morgan fingerprint density at radius 2 is 1.25 bits per heavy atom. The van der Waals surface area contributed by atoms with Crippen molar-refractivity contribution in [1.82, 2.24) is 44.1 Å². The molecule has 22 heteroatoms. The number of amides is 2. The third-order valence-electron chi connectivity index (χ3n) is 13.5. The van der Waals surface area contributed by atoms with Crippen LogP contribution in [0.3, 0.4) is 0 Å². The monoisotopic (exact) mass is 997 g/mol. The van der Waals surface area contributed by atoms with Crippen LogP contribution >= 0.6 is 10.7 Å². The van der Waals surface area contributed by atoms with E-state index in [1.165, 1.54) is 60.5 Å². The number of aryl methyl sites for hydroxylation is 4. The Labute approximate surface area is 399 Å². The Bertz CT molecular complexity index is 2680. The van der Waals surface area contributed by atoms with E-state index in [2.05, 4.69) is 67.7 Å². The van der Waals surface area contributed by atoms with Gasteiger partial charge in [0.2, 0.25) is 23.7 Å². The van der Waals surface area contributed by atoms with Crippen molar-refractivity contribution in [2.24, 2.45) is 0 Å². The minimum absolute atomic E-state index is 0.128. The molecule has 4 aliphatic carbocycles. The fourth-order valence-electron chi connectivity index (χ4n) is 9.72. The summed E-state index contributed by atoms with van der Waals surface area (Å²) in [5.41, 5.74) is 12.9. The molecule has 18 nitrogen and oxygen atoms in total. The van der Waals surface area contributed by atoms with Crippen LogP contribution in [0, 0.1) is 0 Å². The third kappa shape index (κ3) is 11.4. The highest BCUT2D eigenvalue weighted by Gasteiger charge is 2.35. The summed E-state index contributed by atoms with van der Waals surface area (Å²) in [7, 11) is -0.0952. The number of piperazine rings is 1. The number of likely N-dealkylation sites (N-methyl/N-ethyl adjacent to an activating group) is 1. The maximum atomic E-state index is 12.9. The number of carbonyl (C=O) groups is 2. The number of hydrogen-bond acceptors (Lipinski definition) is 13. The summed E-state index contributed by atoms with van der Waals surface area (Å²) >= 11 is 0. The number of anilines is 4. The van der Waals surface area contributed by atoms with Crippen LogP contribution in [0.4, 0.5) is 23.3 Å². The average molecular weight is 999 g/mol. The number of aromatic amines is 1. The van der Waals surface area contributed by atoms with E-state index in [9.17, 15) is 26.4 Å². The number of nitrogens with one attached hydrogen (secondary N) is 3. The molecule has 0 radical (unpaired) electrons. The predicted octanol–water partition coefficient (Wildman–Crippen LogP) is 5.86. The lowest BCUT2D eigenvalue weighted by Gasteiger charge is -2.30. The van der Waals surface area contributed by atoms with E-state index in [0.29, 0.717) is 25.0 Å². The second kappa shape index (κ2) is 20.3. The van der Waals surface area contributed by atoms with E-state index < -0.39 is 32.3 Å². The van der Waals surface area contributed by atoms with Crippen molar-refractivity contribution >= 4 is 72.9 Å². The summed E-state index contributed by atoms with van der Waals surface area (Å²) in [5.74, 6) is 0.680. The first kappa shape index (κ1) is 49.0. The highest BCUT2D eigenvalue weighted by atomic mass is 35.7. The number of sulfonamides is 1. The maximum Gasteiger partial charge on any atom is 0.298 e. The van der Waals surface area contributed by atoms with Gasteiger partial charge >= 0.3 is 0 Å². The SMILES string of the molecule is CN1CCCCC1=O.CN1CCN(S(=O)(=O)c2nc(Nc3c4c(cc5c3CCC5)CCC4)n[nH]2)CC1=O.C[Si](C)(C)CCOCn1nc(S(=O)(=O)Cl)nc1Nc1c2c(cc3c1CCC3)CCC2. The number of rotatable bonds is 12. The van der Waals surface area contributed by atoms with Crippen molar-refractivity contribution < 1.29 is 31.2 Å². The standard InChI is InChI=1S/C20H29ClN4O3SSi.C19H24N6O3S.C6H11NO/c1-30(2,3)11-10-28-13-25-19(23-20(24-25)29(21,26)27)22-18-16-8-4-6-14(16)12-15-7-5-9-17(15)18;1-24-8-9-25(11-16(24)26)29(27,28)19-21-18(22-23-19)20-17-14-6-2-4-12(14)10-13-5-3-7-15(13)17;1-7-5-3-2-4-6(7)8/h12H,4-11,13H2,1-3H3,(H,22,23,24);10H,2-9,11H2,1H3,(H2,20,21,22,23);2-5H2,1H3. The summed E-state index contributed by atoms with van der Waals surface area (Å²) in [4.78, 5) is 34.4. The van der Waals surface area contributed by atoms with E-state index >= 15 is 0 Å². The minimum Gasteiger partial charge on any atom is -0.359 e. The van der Waals surface area contributed by atoms with Crippen molar-refractivity contribution in [2.75, 3.05) is 57.5 Å². The van der Waals surface area contributed by atoms with Gasteiger partial charge in [-0.05, 0) is 140 Å². The number of piperidine rings is 1. The molecule has 0 bridgehead atoms. The highest BCUT2D eigenvalue weighted by molar-refractivity contribution is 8.13. The van der Waals surface area contributed by atoms with Crippen molar-refractivity contribution in [3.8, 4) is 0 Å². The zero-order valence-corrected chi connectivity index (χ0v) is 42.7. The molecule has 0 saturated carbocycles. The smallest absolute Gasteiger partial charge is 0.298 e. The average Bonchev–Trinajstić information content (AvgIpc) is 4.14. The second-order valence-corrected chi connectivity index (χ2v) is 29.5. The summed E-state index contributed by atoms with van der Waals surface area (Å²) in [5, 5.41) is 16.9. The van der Waals surface area contributed by atoms with Gasteiger partial charge in [-0.3, -0.25) is 9.59 Å². The first-order chi connectivity index (χ1) is 31.9. The molecule has 364 valence electrons. The first-order valence-corrected chi connectivity index (χ1v) is 31.1. The van der Waals surface area contributed by atoms with Crippen LogP contribution in [-0.2, 0) is 91.5 Å². The Balaban J connectivity index is 0.000000156. The number of aromatic nitrogens is 6. The number of ether oxygens (including phenoxy) is 1. The van der Waals surface area contributed by atoms with Crippen molar-refractivity contribution in [1.29, 1.82) is 0 Å². The molecule has 4 aromatic rings. The molecular formula is C45H64ClN11O7S2Si. The number of nitrogens with zero attached hydrogens (tertiary/aromatic N) is 8. The van der Waals surface area contributed by atoms with E-state index in [-0.39, 0.29) is 36.8 Å². The minimum atomic E-state index is -4.03. The van der Waals surface area contributed by atoms with Crippen LogP contribution in [0.15, 0.2) is 22.4 Å². The molecule has 6 aliphatic rings. The largest absolute Gasteiger partial charge is 0.359 e. The predicted molar refractivity (Wildman–Crippen MR) is 259 cm³/mol. The lowest BCUT2D eigenvalue weighted by molar-refractivity contribution is -0.132. The Morgan fingerprint density at radius 3 is 1.75 bits per heavy atom. The van der Waals surface area contributed by atoms with Gasteiger partial charge in [-0.15, -0.1) is 10.2 Å². The molecule has 10 rings (SSSR count). The van der Waals surface area contributed by atoms with Gasteiger partial charge in [0.05, 0.1) is 6.54 Å². The topological polar surface area (TPSA) is 218 Å². The molecule has 2 fully saturated rings. The van der Waals surface area contributed by atoms with Gasteiger partial charge in [-0.2, -0.15) is 14.3 Å². The van der Waals surface area contributed by atoms with E-state index in [1.807, 2.05) is 7.05 Å². The van der Waals surface area contributed by atoms with E-state index in [1.54, 1.807) is 11.9 Å². The first-order valence-electron chi connectivity index (χ1n) is 23.6. The van der Waals surface area contributed by atoms with Gasteiger partial charge in [0.15, 0.2) is 0 Å². The van der Waals surface area contributed by atoms with Gasteiger partial charge in [0.25, 0.3) is 29.4 Å². The number of benzene rings is 2. The van der Waals surface area contributed by atoms with Gasteiger partial charge in [-0.25, -0.2) is 26.6 Å². The van der Waals surface area contributed by atoms with Gasteiger partial charge in [0.1, 0.15) is 6.73 Å². The second-order valence-electron chi connectivity index (χ2n) is 19.6. The van der Waals surface area contributed by atoms with Crippen molar-refractivity contribution in [3.63, 3.8) is 0 Å². The van der Waals surface area contributed by atoms with Crippen LogP contribution in [0.1, 0.15) is 89.5 Å². The molecule has 2 aromatic heterocycles. The molecule has 2 aromatic carbocycles. The van der Waals surface area contributed by atoms with E-state index in [4.69, 9.17) is 15.4 Å². The fourth-order valence-corrected chi connectivity index (χ4v) is 12.3. The quantitative estimate of drug-likeness (QED) is 0.0863.